The molecular formula is C16H16N4OS. The Morgan fingerprint density at radius 3 is 2.95 bits per heavy atom. The first kappa shape index (κ1) is 14.5. The molecule has 0 aromatic carbocycles. The zero-order valence-electron chi connectivity index (χ0n) is 12.4. The number of hydrogen-bond acceptors (Lipinski definition) is 4. The second-order valence-electron chi connectivity index (χ2n) is 5.00. The van der Waals surface area contributed by atoms with Crippen molar-refractivity contribution in [3.05, 3.63) is 58.2 Å². The number of hydrogen-bond donors (Lipinski definition) is 1. The molecular weight excluding hydrogens is 296 g/mol. The van der Waals surface area contributed by atoms with Crippen LogP contribution in [0.25, 0.3) is 11.3 Å². The molecule has 0 fully saturated rings. The third kappa shape index (κ3) is 2.92. The van der Waals surface area contributed by atoms with Gasteiger partial charge in [-0.05, 0) is 36.1 Å². The fourth-order valence-corrected chi connectivity index (χ4v) is 2.97. The van der Waals surface area contributed by atoms with Crippen molar-refractivity contribution in [2.45, 2.75) is 13.5 Å². The van der Waals surface area contributed by atoms with Crippen molar-refractivity contribution in [2.75, 3.05) is 0 Å². The number of rotatable bonds is 4. The van der Waals surface area contributed by atoms with Crippen LogP contribution in [0.2, 0.25) is 0 Å². The Hall–Kier alpha value is -2.47. The van der Waals surface area contributed by atoms with Gasteiger partial charge in [0.1, 0.15) is 5.69 Å². The maximum Gasteiger partial charge on any atom is 0.269 e. The minimum Gasteiger partial charge on any atom is -0.347 e. The standard InChI is InChI=1S/C16H16N4OS/c1-11-8-14(20(2)19-11)16(21)18-9-12-4-3-6-17-15(12)13-5-7-22-10-13/h3-8,10H,9H2,1-2H3,(H,18,21). The number of pyridine rings is 1. The first-order valence-electron chi connectivity index (χ1n) is 6.90. The molecule has 22 heavy (non-hydrogen) atoms. The van der Waals surface area contributed by atoms with E-state index in [-0.39, 0.29) is 5.91 Å². The van der Waals surface area contributed by atoms with Crippen molar-refractivity contribution in [3.8, 4) is 11.3 Å². The highest BCUT2D eigenvalue weighted by atomic mass is 32.1. The van der Waals surface area contributed by atoms with Gasteiger partial charge in [-0.3, -0.25) is 14.5 Å². The van der Waals surface area contributed by atoms with Crippen LogP contribution in [0.4, 0.5) is 0 Å². The fraction of sp³-hybridized carbons (Fsp3) is 0.188. The Balaban J connectivity index is 1.77. The number of aromatic nitrogens is 3. The van der Waals surface area contributed by atoms with Gasteiger partial charge in [-0.25, -0.2) is 0 Å². The Labute approximate surface area is 132 Å². The SMILES string of the molecule is Cc1cc(C(=O)NCc2cccnc2-c2ccsc2)n(C)n1. The number of carbonyl (C=O) groups excluding carboxylic acids is 1. The van der Waals surface area contributed by atoms with Gasteiger partial charge in [0.05, 0.1) is 11.4 Å². The molecule has 112 valence electrons. The first-order chi connectivity index (χ1) is 10.6. The van der Waals surface area contributed by atoms with Crippen LogP contribution in [0, 0.1) is 6.92 Å². The van der Waals surface area contributed by atoms with E-state index in [2.05, 4.69) is 20.8 Å². The first-order valence-corrected chi connectivity index (χ1v) is 7.85. The van der Waals surface area contributed by atoms with E-state index in [4.69, 9.17) is 0 Å². The van der Waals surface area contributed by atoms with E-state index < -0.39 is 0 Å². The molecule has 3 heterocycles. The molecule has 5 nitrogen and oxygen atoms in total. The highest BCUT2D eigenvalue weighted by molar-refractivity contribution is 7.08. The zero-order valence-corrected chi connectivity index (χ0v) is 13.2. The third-order valence-corrected chi connectivity index (χ3v) is 4.04. The maximum absolute atomic E-state index is 12.3. The number of thiophene rings is 1. The van der Waals surface area contributed by atoms with Crippen LogP contribution in [-0.2, 0) is 13.6 Å². The van der Waals surface area contributed by atoms with Gasteiger partial charge in [0.15, 0.2) is 0 Å². The van der Waals surface area contributed by atoms with Crippen LogP contribution in [0.5, 0.6) is 0 Å². The van der Waals surface area contributed by atoms with E-state index >= 15 is 0 Å². The lowest BCUT2D eigenvalue weighted by molar-refractivity contribution is 0.0941. The van der Waals surface area contributed by atoms with Crippen LogP contribution < -0.4 is 5.32 Å². The minimum absolute atomic E-state index is 0.136. The van der Waals surface area contributed by atoms with Gasteiger partial charge >= 0.3 is 0 Å². The second kappa shape index (κ2) is 6.11. The lowest BCUT2D eigenvalue weighted by Crippen LogP contribution is -2.25. The molecule has 0 aliphatic heterocycles. The fourth-order valence-electron chi connectivity index (χ4n) is 2.33. The number of nitrogens with one attached hydrogen (secondary N) is 1. The normalized spacial score (nSPS) is 10.6. The molecule has 3 rings (SSSR count). The van der Waals surface area contributed by atoms with E-state index in [9.17, 15) is 4.79 Å². The summed E-state index contributed by atoms with van der Waals surface area (Å²) < 4.78 is 1.59. The molecule has 6 heteroatoms. The minimum atomic E-state index is -0.136. The summed E-state index contributed by atoms with van der Waals surface area (Å²) in [5.74, 6) is -0.136. The predicted molar refractivity (Wildman–Crippen MR) is 86.7 cm³/mol. The zero-order chi connectivity index (χ0) is 15.5. The topological polar surface area (TPSA) is 59.8 Å². The molecule has 0 spiro atoms. The van der Waals surface area contributed by atoms with Gasteiger partial charge in [-0.1, -0.05) is 6.07 Å². The Kier molecular flexibility index (Phi) is 4.02. The summed E-state index contributed by atoms with van der Waals surface area (Å²) in [7, 11) is 1.77. The molecule has 0 aliphatic rings. The third-order valence-electron chi connectivity index (χ3n) is 3.36. The molecule has 0 bridgehead atoms. The van der Waals surface area contributed by atoms with Gasteiger partial charge in [-0.15, -0.1) is 0 Å². The summed E-state index contributed by atoms with van der Waals surface area (Å²) in [5, 5.41) is 11.2. The lowest BCUT2D eigenvalue weighted by Gasteiger charge is -2.09. The largest absolute Gasteiger partial charge is 0.347 e. The smallest absolute Gasteiger partial charge is 0.269 e. The van der Waals surface area contributed by atoms with Crippen molar-refractivity contribution < 1.29 is 4.79 Å². The number of nitrogens with zero attached hydrogens (tertiary/aromatic N) is 3. The van der Waals surface area contributed by atoms with Crippen LogP contribution in [0.15, 0.2) is 41.2 Å². The van der Waals surface area contributed by atoms with Crippen LogP contribution >= 0.6 is 11.3 Å². The number of amides is 1. The van der Waals surface area contributed by atoms with E-state index in [0.29, 0.717) is 12.2 Å². The van der Waals surface area contributed by atoms with Crippen molar-refractivity contribution in [3.63, 3.8) is 0 Å². The Morgan fingerprint density at radius 1 is 1.41 bits per heavy atom. The molecule has 1 N–H and O–H groups in total. The molecule has 3 aromatic rings. The summed E-state index contributed by atoms with van der Waals surface area (Å²) in [6.45, 7) is 2.30. The van der Waals surface area contributed by atoms with Gasteiger partial charge in [0.25, 0.3) is 5.91 Å². The summed E-state index contributed by atoms with van der Waals surface area (Å²) in [6.07, 6.45) is 1.77. The molecule has 0 atom stereocenters. The summed E-state index contributed by atoms with van der Waals surface area (Å²) >= 11 is 1.63. The van der Waals surface area contributed by atoms with Gasteiger partial charge in [-0.2, -0.15) is 16.4 Å². The summed E-state index contributed by atoms with van der Waals surface area (Å²) in [4.78, 5) is 16.7. The summed E-state index contributed by atoms with van der Waals surface area (Å²) in [6, 6.07) is 7.67. The molecule has 1 amide bonds. The van der Waals surface area contributed by atoms with Crippen molar-refractivity contribution in [2.24, 2.45) is 7.05 Å². The van der Waals surface area contributed by atoms with E-state index in [1.54, 1.807) is 35.3 Å². The van der Waals surface area contributed by atoms with Crippen molar-refractivity contribution in [1.82, 2.24) is 20.1 Å². The van der Waals surface area contributed by atoms with Crippen LogP contribution in [0.3, 0.4) is 0 Å². The molecule has 0 unspecified atom stereocenters. The average Bonchev–Trinajstić information content (AvgIpc) is 3.15. The highest BCUT2D eigenvalue weighted by Gasteiger charge is 2.13. The summed E-state index contributed by atoms with van der Waals surface area (Å²) in [5.41, 5.74) is 4.36. The number of carbonyl (C=O) groups is 1. The van der Waals surface area contributed by atoms with E-state index in [1.807, 2.05) is 30.5 Å². The second-order valence-corrected chi connectivity index (χ2v) is 5.78. The highest BCUT2D eigenvalue weighted by Crippen LogP contribution is 2.23. The molecule has 0 saturated carbocycles. The Morgan fingerprint density at radius 2 is 2.27 bits per heavy atom. The molecule has 0 aliphatic carbocycles. The van der Waals surface area contributed by atoms with Crippen LogP contribution in [0.1, 0.15) is 21.7 Å². The molecule has 3 aromatic heterocycles. The maximum atomic E-state index is 12.3. The Bertz CT molecular complexity index is 792. The van der Waals surface area contributed by atoms with Crippen molar-refractivity contribution in [1.29, 1.82) is 0 Å². The van der Waals surface area contributed by atoms with E-state index in [1.165, 1.54) is 0 Å². The van der Waals surface area contributed by atoms with Gasteiger partial charge in [0, 0.05) is 30.7 Å². The van der Waals surface area contributed by atoms with Gasteiger partial charge in [0.2, 0.25) is 0 Å². The van der Waals surface area contributed by atoms with E-state index in [0.717, 1.165) is 22.5 Å². The lowest BCUT2D eigenvalue weighted by atomic mass is 10.1. The van der Waals surface area contributed by atoms with Crippen LogP contribution in [-0.4, -0.2) is 20.7 Å². The quantitative estimate of drug-likeness (QED) is 0.806. The van der Waals surface area contributed by atoms with Gasteiger partial charge < -0.3 is 5.32 Å². The predicted octanol–water partition coefficient (Wildman–Crippen LogP) is 2.78. The molecule has 0 saturated heterocycles. The molecule has 0 radical (unpaired) electrons. The number of aryl methyl sites for hydroxylation is 2. The monoisotopic (exact) mass is 312 g/mol. The van der Waals surface area contributed by atoms with Crippen molar-refractivity contribution >= 4 is 17.2 Å². The average molecular weight is 312 g/mol.